The summed E-state index contributed by atoms with van der Waals surface area (Å²) in [6, 6.07) is 18.6. The number of hydrogen-bond acceptors (Lipinski definition) is 3. The molecule has 0 aliphatic carbocycles. The van der Waals surface area contributed by atoms with Crippen LogP contribution >= 0.6 is 11.3 Å². The molecule has 0 spiro atoms. The topological polar surface area (TPSA) is 49.4 Å². The highest BCUT2D eigenvalue weighted by atomic mass is 32.1. The second-order valence-corrected chi connectivity index (χ2v) is 6.80. The molecular formula is C20H16N2O2S. The quantitative estimate of drug-likeness (QED) is 0.771. The molecule has 1 aliphatic heterocycles. The van der Waals surface area contributed by atoms with Crippen LogP contribution in [-0.4, -0.2) is 18.4 Å². The van der Waals surface area contributed by atoms with Crippen LogP contribution in [0, 0.1) is 0 Å². The van der Waals surface area contributed by atoms with Crippen LogP contribution in [-0.2, 0) is 6.42 Å². The maximum Gasteiger partial charge on any atom is 0.268 e. The number of fused-ring (bicyclic) bond motifs is 1. The first-order chi connectivity index (χ1) is 12.2. The van der Waals surface area contributed by atoms with Crippen molar-refractivity contribution in [1.82, 2.24) is 0 Å². The number of amides is 2. The molecule has 0 radical (unpaired) electrons. The van der Waals surface area contributed by atoms with Crippen molar-refractivity contribution in [3.63, 3.8) is 0 Å². The fourth-order valence-electron chi connectivity index (χ4n) is 2.99. The highest BCUT2D eigenvalue weighted by Crippen LogP contribution is 2.32. The average molecular weight is 348 g/mol. The molecule has 0 atom stereocenters. The second kappa shape index (κ2) is 6.53. The molecule has 1 aromatic heterocycles. The Labute approximate surface area is 149 Å². The summed E-state index contributed by atoms with van der Waals surface area (Å²) < 4.78 is 0. The number of anilines is 2. The van der Waals surface area contributed by atoms with Crippen molar-refractivity contribution in [1.29, 1.82) is 0 Å². The zero-order valence-corrected chi connectivity index (χ0v) is 14.3. The van der Waals surface area contributed by atoms with Gasteiger partial charge >= 0.3 is 0 Å². The van der Waals surface area contributed by atoms with E-state index < -0.39 is 0 Å². The molecule has 3 aromatic rings. The number of benzene rings is 2. The van der Waals surface area contributed by atoms with Gasteiger partial charge in [-0.15, -0.1) is 11.3 Å². The highest BCUT2D eigenvalue weighted by Gasteiger charge is 2.26. The van der Waals surface area contributed by atoms with E-state index in [2.05, 4.69) is 5.32 Å². The first kappa shape index (κ1) is 15.6. The van der Waals surface area contributed by atoms with Gasteiger partial charge < -0.3 is 10.2 Å². The molecule has 2 heterocycles. The first-order valence-electron chi connectivity index (χ1n) is 8.07. The number of hydrogen-bond donors (Lipinski definition) is 1. The zero-order valence-electron chi connectivity index (χ0n) is 13.4. The van der Waals surface area contributed by atoms with Gasteiger partial charge in [0.15, 0.2) is 0 Å². The van der Waals surface area contributed by atoms with Crippen molar-refractivity contribution in [3.8, 4) is 0 Å². The normalized spacial score (nSPS) is 12.7. The van der Waals surface area contributed by atoms with Crippen molar-refractivity contribution in [2.45, 2.75) is 6.42 Å². The average Bonchev–Trinajstić information content (AvgIpc) is 3.31. The van der Waals surface area contributed by atoms with Crippen LogP contribution in [0.2, 0.25) is 0 Å². The number of nitrogens with one attached hydrogen (secondary N) is 1. The lowest BCUT2D eigenvalue weighted by Gasteiger charge is -2.17. The highest BCUT2D eigenvalue weighted by molar-refractivity contribution is 7.12. The third-order valence-corrected chi connectivity index (χ3v) is 5.11. The van der Waals surface area contributed by atoms with Crippen molar-refractivity contribution >= 4 is 34.5 Å². The molecule has 4 rings (SSSR count). The smallest absolute Gasteiger partial charge is 0.268 e. The lowest BCUT2D eigenvalue weighted by atomic mass is 10.1. The summed E-state index contributed by atoms with van der Waals surface area (Å²) in [7, 11) is 0. The van der Waals surface area contributed by atoms with E-state index in [-0.39, 0.29) is 11.8 Å². The van der Waals surface area contributed by atoms with Crippen molar-refractivity contribution in [3.05, 3.63) is 82.0 Å². The molecule has 1 aliphatic rings. The summed E-state index contributed by atoms with van der Waals surface area (Å²) in [5.74, 6) is -0.144. The van der Waals surface area contributed by atoms with E-state index in [1.807, 2.05) is 53.9 Å². The largest absolute Gasteiger partial charge is 0.322 e. The van der Waals surface area contributed by atoms with Gasteiger partial charge in [0.05, 0.1) is 4.88 Å². The molecular weight excluding hydrogens is 332 g/mol. The molecule has 1 N–H and O–H groups in total. The van der Waals surface area contributed by atoms with Crippen LogP contribution in [0.5, 0.6) is 0 Å². The Hall–Kier alpha value is -2.92. The monoisotopic (exact) mass is 348 g/mol. The maximum absolute atomic E-state index is 12.7. The number of nitrogens with zero attached hydrogens (tertiary/aromatic N) is 1. The Kier molecular flexibility index (Phi) is 4.07. The molecule has 0 saturated carbocycles. The predicted molar refractivity (Wildman–Crippen MR) is 101 cm³/mol. The van der Waals surface area contributed by atoms with Gasteiger partial charge in [0.25, 0.3) is 11.8 Å². The van der Waals surface area contributed by atoms with Gasteiger partial charge in [-0.05, 0) is 47.7 Å². The Morgan fingerprint density at radius 2 is 1.84 bits per heavy atom. The van der Waals surface area contributed by atoms with E-state index in [4.69, 9.17) is 0 Å². The molecule has 0 fully saturated rings. The van der Waals surface area contributed by atoms with Crippen molar-refractivity contribution in [2.75, 3.05) is 16.8 Å². The van der Waals surface area contributed by atoms with Crippen LogP contribution in [0.15, 0.2) is 66.0 Å². The van der Waals surface area contributed by atoms with E-state index in [0.29, 0.717) is 17.8 Å². The molecule has 25 heavy (non-hydrogen) atoms. The minimum Gasteiger partial charge on any atom is -0.322 e. The molecule has 0 unspecified atom stereocenters. The fourth-order valence-corrected chi connectivity index (χ4v) is 3.67. The van der Waals surface area contributed by atoms with Crippen LogP contribution in [0.3, 0.4) is 0 Å². The molecule has 4 nitrogen and oxygen atoms in total. The maximum atomic E-state index is 12.7. The summed E-state index contributed by atoms with van der Waals surface area (Å²) >= 11 is 1.44. The number of carbonyl (C=O) groups is 2. The van der Waals surface area contributed by atoms with Crippen LogP contribution < -0.4 is 10.2 Å². The Balaban J connectivity index is 1.58. The summed E-state index contributed by atoms with van der Waals surface area (Å²) in [5.41, 5.74) is 3.31. The van der Waals surface area contributed by atoms with Gasteiger partial charge in [-0.2, -0.15) is 0 Å². The van der Waals surface area contributed by atoms with Crippen molar-refractivity contribution < 1.29 is 9.59 Å². The number of rotatable bonds is 3. The zero-order chi connectivity index (χ0) is 17.2. The Morgan fingerprint density at radius 3 is 2.60 bits per heavy atom. The minimum atomic E-state index is -0.158. The van der Waals surface area contributed by atoms with E-state index in [9.17, 15) is 9.59 Å². The molecule has 2 aromatic carbocycles. The summed E-state index contributed by atoms with van der Waals surface area (Å²) in [5, 5.41) is 4.81. The van der Waals surface area contributed by atoms with Gasteiger partial charge in [-0.1, -0.05) is 30.3 Å². The summed E-state index contributed by atoms with van der Waals surface area (Å²) in [6.07, 6.45) is 0.833. The molecule has 124 valence electrons. The third kappa shape index (κ3) is 3.06. The van der Waals surface area contributed by atoms with Crippen LogP contribution in [0.4, 0.5) is 11.4 Å². The standard InChI is InChI=1S/C20H16N2O2S/c23-19(15-5-2-1-3-6-15)21-16-9-8-14-10-11-22(17(14)13-16)20(24)18-7-4-12-25-18/h1-9,12-13H,10-11H2,(H,21,23). The fraction of sp³-hybridized carbons (Fsp3) is 0.100. The minimum absolute atomic E-state index is 0.0142. The van der Waals surface area contributed by atoms with Gasteiger partial charge in [0.1, 0.15) is 0 Å². The van der Waals surface area contributed by atoms with Gasteiger partial charge in [-0.3, -0.25) is 9.59 Å². The first-order valence-corrected chi connectivity index (χ1v) is 8.95. The molecule has 2 amide bonds. The second-order valence-electron chi connectivity index (χ2n) is 5.85. The van der Waals surface area contributed by atoms with Crippen LogP contribution in [0.1, 0.15) is 25.6 Å². The van der Waals surface area contributed by atoms with E-state index >= 15 is 0 Å². The lowest BCUT2D eigenvalue weighted by molar-refractivity contribution is 0.0991. The third-order valence-electron chi connectivity index (χ3n) is 4.25. The van der Waals surface area contributed by atoms with Gasteiger partial charge in [0, 0.05) is 23.5 Å². The lowest BCUT2D eigenvalue weighted by Crippen LogP contribution is -2.28. The van der Waals surface area contributed by atoms with E-state index in [1.165, 1.54) is 11.3 Å². The van der Waals surface area contributed by atoms with Crippen molar-refractivity contribution in [2.24, 2.45) is 0 Å². The Bertz CT molecular complexity index is 920. The summed E-state index contributed by atoms with van der Waals surface area (Å²) in [6.45, 7) is 0.669. The molecule has 0 saturated heterocycles. The summed E-state index contributed by atoms with van der Waals surface area (Å²) in [4.78, 5) is 27.5. The SMILES string of the molecule is O=C(Nc1ccc2c(c1)N(C(=O)c1cccs1)CC2)c1ccccc1. The Morgan fingerprint density at radius 1 is 1.00 bits per heavy atom. The molecule has 0 bridgehead atoms. The van der Waals surface area contributed by atoms with E-state index in [1.54, 1.807) is 17.0 Å². The predicted octanol–water partition coefficient (Wildman–Crippen LogP) is 4.20. The number of carbonyl (C=O) groups excluding carboxylic acids is 2. The van der Waals surface area contributed by atoms with Gasteiger partial charge in [-0.25, -0.2) is 0 Å². The molecule has 5 heteroatoms. The van der Waals surface area contributed by atoms with Crippen LogP contribution in [0.25, 0.3) is 0 Å². The number of thiophene rings is 1. The van der Waals surface area contributed by atoms with E-state index in [0.717, 1.165) is 22.5 Å². The van der Waals surface area contributed by atoms with Gasteiger partial charge in [0.2, 0.25) is 0 Å².